The number of imide groups is 1. The third kappa shape index (κ3) is 2.33. The van der Waals surface area contributed by atoms with Crippen molar-refractivity contribution in [3.63, 3.8) is 0 Å². The van der Waals surface area contributed by atoms with Crippen LogP contribution in [0.15, 0.2) is 30.5 Å². The number of carbonyl (C=O) groups excluding carboxylic acids is 2. The van der Waals surface area contributed by atoms with Crippen LogP contribution in [0.5, 0.6) is 0 Å². The molecule has 0 aliphatic rings. The van der Waals surface area contributed by atoms with Gasteiger partial charge >= 0.3 is 0 Å². The standard InChI is InChI=1S/C16H20N2O2/c1-11(19)18(16(2,3)4)15(20)13-10-17(5)14-9-7-6-8-12(13)14/h6-10H,1-5H3. The van der Waals surface area contributed by atoms with Crippen molar-refractivity contribution in [1.82, 2.24) is 9.47 Å². The monoisotopic (exact) mass is 272 g/mol. The number of fused-ring (bicyclic) bond motifs is 1. The lowest BCUT2D eigenvalue weighted by Gasteiger charge is -2.32. The molecule has 0 aliphatic carbocycles. The topological polar surface area (TPSA) is 42.3 Å². The second-order valence-electron chi connectivity index (χ2n) is 6.00. The lowest BCUT2D eigenvalue weighted by Crippen LogP contribution is -2.48. The van der Waals surface area contributed by atoms with Gasteiger partial charge in [-0.15, -0.1) is 0 Å². The maximum Gasteiger partial charge on any atom is 0.263 e. The summed E-state index contributed by atoms with van der Waals surface area (Å²) in [5.74, 6) is -0.489. The molecule has 1 aromatic heterocycles. The third-order valence-electron chi connectivity index (χ3n) is 3.32. The molecule has 0 spiro atoms. The Kier molecular flexibility index (Phi) is 3.42. The van der Waals surface area contributed by atoms with Crippen molar-refractivity contribution in [3.8, 4) is 0 Å². The predicted molar refractivity (Wildman–Crippen MR) is 79.5 cm³/mol. The Morgan fingerprint density at radius 1 is 1.15 bits per heavy atom. The van der Waals surface area contributed by atoms with E-state index in [9.17, 15) is 9.59 Å². The summed E-state index contributed by atoms with van der Waals surface area (Å²) in [6, 6.07) is 7.70. The second-order valence-corrected chi connectivity index (χ2v) is 6.00. The Hall–Kier alpha value is -2.10. The van der Waals surface area contributed by atoms with E-state index in [1.807, 2.05) is 56.7 Å². The van der Waals surface area contributed by atoms with Crippen molar-refractivity contribution in [3.05, 3.63) is 36.0 Å². The van der Waals surface area contributed by atoms with Gasteiger partial charge in [-0.3, -0.25) is 14.5 Å². The van der Waals surface area contributed by atoms with E-state index in [2.05, 4.69) is 0 Å². The molecular weight excluding hydrogens is 252 g/mol. The molecule has 1 heterocycles. The van der Waals surface area contributed by atoms with Crippen LogP contribution in [0.3, 0.4) is 0 Å². The van der Waals surface area contributed by atoms with Gasteiger partial charge in [-0.1, -0.05) is 18.2 Å². The first-order valence-electron chi connectivity index (χ1n) is 6.62. The van der Waals surface area contributed by atoms with Crippen molar-refractivity contribution in [1.29, 1.82) is 0 Å². The van der Waals surface area contributed by atoms with E-state index >= 15 is 0 Å². The highest BCUT2D eigenvalue weighted by molar-refractivity contribution is 6.12. The first-order valence-corrected chi connectivity index (χ1v) is 6.62. The second kappa shape index (κ2) is 4.78. The van der Waals surface area contributed by atoms with Crippen LogP contribution in [0.1, 0.15) is 38.1 Å². The largest absolute Gasteiger partial charge is 0.350 e. The molecule has 106 valence electrons. The zero-order chi connectivity index (χ0) is 15.1. The summed E-state index contributed by atoms with van der Waals surface area (Å²) in [4.78, 5) is 25.9. The summed E-state index contributed by atoms with van der Waals surface area (Å²) in [5, 5.41) is 0.871. The van der Waals surface area contributed by atoms with Crippen LogP contribution in [-0.2, 0) is 11.8 Å². The zero-order valence-electron chi connectivity index (χ0n) is 12.6. The molecule has 0 aliphatic heterocycles. The molecule has 0 bridgehead atoms. The molecule has 0 unspecified atom stereocenters. The number of aromatic nitrogens is 1. The third-order valence-corrected chi connectivity index (χ3v) is 3.32. The molecule has 4 nitrogen and oxygen atoms in total. The van der Waals surface area contributed by atoms with Crippen LogP contribution in [0.25, 0.3) is 10.9 Å². The van der Waals surface area contributed by atoms with E-state index in [4.69, 9.17) is 0 Å². The Bertz CT molecular complexity index is 677. The molecule has 20 heavy (non-hydrogen) atoms. The highest BCUT2D eigenvalue weighted by atomic mass is 16.2. The lowest BCUT2D eigenvalue weighted by atomic mass is 10.0. The fraction of sp³-hybridized carbons (Fsp3) is 0.375. The Morgan fingerprint density at radius 2 is 1.75 bits per heavy atom. The fourth-order valence-corrected chi connectivity index (χ4v) is 2.55. The minimum absolute atomic E-state index is 0.240. The SMILES string of the molecule is CC(=O)N(C(=O)c1cn(C)c2ccccc12)C(C)(C)C. The molecule has 4 heteroatoms. The molecule has 2 rings (SSSR count). The Morgan fingerprint density at radius 3 is 2.30 bits per heavy atom. The van der Waals surface area contributed by atoms with Crippen molar-refractivity contribution >= 4 is 22.7 Å². The minimum atomic E-state index is -0.542. The highest BCUT2D eigenvalue weighted by Crippen LogP contribution is 2.25. The molecule has 0 saturated heterocycles. The molecule has 1 aromatic carbocycles. The number of amides is 2. The number of para-hydroxylation sites is 1. The Balaban J connectivity index is 2.59. The van der Waals surface area contributed by atoms with Gasteiger partial charge in [0.05, 0.1) is 5.56 Å². The normalized spacial score (nSPS) is 11.7. The van der Waals surface area contributed by atoms with Crippen molar-refractivity contribution < 1.29 is 9.59 Å². The number of hydrogen-bond acceptors (Lipinski definition) is 2. The van der Waals surface area contributed by atoms with E-state index in [0.717, 1.165) is 10.9 Å². The summed E-state index contributed by atoms with van der Waals surface area (Å²) in [7, 11) is 1.90. The summed E-state index contributed by atoms with van der Waals surface area (Å²) in [6.07, 6.45) is 1.79. The van der Waals surface area contributed by atoms with E-state index in [0.29, 0.717) is 5.56 Å². The molecule has 0 atom stereocenters. The summed E-state index contributed by atoms with van der Waals surface area (Å²) >= 11 is 0. The number of hydrogen-bond donors (Lipinski definition) is 0. The molecule has 0 fully saturated rings. The van der Waals surface area contributed by atoms with Crippen LogP contribution in [0.2, 0.25) is 0 Å². The van der Waals surface area contributed by atoms with Gasteiger partial charge in [0.25, 0.3) is 5.91 Å². The van der Waals surface area contributed by atoms with Crippen LogP contribution in [0, 0.1) is 0 Å². The molecular formula is C16H20N2O2. The van der Waals surface area contributed by atoms with Gasteiger partial charge in [0.15, 0.2) is 0 Å². The lowest BCUT2D eigenvalue weighted by molar-refractivity contribution is -0.129. The maximum atomic E-state index is 12.8. The maximum absolute atomic E-state index is 12.8. The van der Waals surface area contributed by atoms with Gasteiger partial charge in [0, 0.05) is 36.6 Å². The Labute approximate surface area is 119 Å². The van der Waals surface area contributed by atoms with Crippen molar-refractivity contribution in [2.45, 2.75) is 33.2 Å². The average molecular weight is 272 g/mol. The van der Waals surface area contributed by atoms with Gasteiger partial charge in [0.1, 0.15) is 0 Å². The quantitative estimate of drug-likeness (QED) is 0.801. The number of nitrogens with zero attached hydrogens (tertiary/aromatic N) is 2. The first-order chi connectivity index (χ1) is 9.23. The smallest absolute Gasteiger partial charge is 0.263 e. The summed E-state index contributed by atoms with van der Waals surface area (Å²) in [5.41, 5.74) is 1.00. The first kappa shape index (κ1) is 14.3. The average Bonchev–Trinajstić information content (AvgIpc) is 2.65. The zero-order valence-corrected chi connectivity index (χ0v) is 12.6. The number of rotatable bonds is 1. The van der Waals surface area contributed by atoms with Gasteiger partial charge in [0.2, 0.25) is 5.91 Å². The molecule has 2 aromatic rings. The van der Waals surface area contributed by atoms with Crippen LogP contribution < -0.4 is 0 Å². The predicted octanol–water partition coefficient (Wildman–Crippen LogP) is 2.97. The number of benzene rings is 1. The van der Waals surface area contributed by atoms with Crippen LogP contribution in [0.4, 0.5) is 0 Å². The van der Waals surface area contributed by atoms with Crippen molar-refractivity contribution in [2.75, 3.05) is 0 Å². The molecule has 2 amide bonds. The highest BCUT2D eigenvalue weighted by Gasteiger charge is 2.32. The van der Waals surface area contributed by atoms with Crippen LogP contribution >= 0.6 is 0 Å². The number of aryl methyl sites for hydroxylation is 1. The van der Waals surface area contributed by atoms with Crippen molar-refractivity contribution in [2.24, 2.45) is 7.05 Å². The molecule has 0 N–H and O–H groups in total. The van der Waals surface area contributed by atoms with Crippen LogP contribution in [-0.4, -0.2) is 26.8 Å². The van der Waals surface area contributed by atoms with Gasteiger partial charge in [-0.05, 0) is 26.8 Å². The van der Waals surface area contributed by atoms with Gasteiger partial charge in [-0.2, -0.15) is 0 Å². The van der Waals surface area contributed by atoms with E-state index < -0.39 is 5.54 Å². The van der Waals surface area contributed by atoms with E-state index in [-0.39, 0.29) is 11.8 Å². The summed E-state index contributed by atoms with van der Waals surface area (Å²) < 4.78 is 1.91. The van der Waals surface area contributed by atoms with E-state index in [1.54, 1.807) is 6.20 Å². The van der Waals surface area contributed by atoms with E-state index in [1.165, 1.54) is 11.8 Å². The molecule has 0 saturated carbocycles. The van der Waals surface area contributed by atoms with Gasteiger partial charge in [-0.25, -0.2) is 0 Å². The summed E-state index contributed by atoms with van der Waals surface area (Å²) in [6.45, 7) is 7.00. The van der Waals surface area contributed by atoms with Gasteiger partial charge < -0.3 is 4.57 Å². The minimum Gasteiger partial charge on any atom is -0.350 e. The number of carbonyl (C=O) groups is 2. The fourth-order valence-electron chi connectivity index (χ4n) is 2.55. The molecule has 0 radical (unpaired) electrons.